The molecule has 3 unspecified atom stereocenters. The molecule has 8 heteroatoms. The number of rotatable bonds is 6. The molecule has 180 valence electrons. The highest BCUT2D eigenvalue weighted by Crippen LogP contribution is 2.41. The average Bonchev–Trinajstić information content (AvgIpc) is 3.41. The van der Waals surface area contributed by atoms with Crippen LogP contribution in [-0.4, -0.2) is 48.3 Å². The van der Waals surface area contributed by atoms with Crippen molar-refractivity contribution < 1.29 is 22.7 Å². The largest absolute Gasteiger partial charge is 0.445 e. The zero-order chi connectivity index (χ0) is 24.6. The first-order valence-corrected chi connectivity index (χ1v) is 13.0. The van der Waals surface area contributed by atoms with Gasteiger partial charge in [-0.15, -0.1) is 6.58 Å². The fourth-order valence-electron chi connectivity index (χ4n) is 5.19. The molecule has 2 amide bonds. The first kappa shape index (κ1) is 23.1. The van der Waals surface area contributed by atoms with E-state index in [9.17, 15) is 18.0 Å². The van der Waals surface area contributed by atoms with E-state index in [0.717, 1.165) is 20.6 Å². The van der Waals surface area contributed by atoms with Crippen molar-refractivity contribution in [2.75, 3.05) is 6.54 Å². The summed E-state index contributed by atoms with van der Waals surface area (Å²) < 4.78 is 33.9. The predicted octanol–water partition coefficient (Wildman–Crippen LogP) is 4.34. The number of nitrogens with zero attached hydrogens (tertiary/aromatic N) is 2. The van der Waals surface area contributed by atoms with Crippen LogP contribution in [0.5, 0.6) is 0 Å². The highest BCUT2D eigenvalue weighted by molar-refractivity contribution is 7.89. The van der Waals surface area contributed by atoms with Crippen molar-refractivity contribution in [2.45, 2.75) is 36.4 Å². The van der Waals surface area contributed by atoms with Crippen LogP contribution in [-0.2, 0) is 26.2 Å². The second kappa shape index (κ2) is 9.19. The third kappa shape index (κ3) is 4.08. The highest BCUT2D eigenvalue weighted by atomic mass is 32.2. The molecule has 2 saturated heterocycles. The molecular weight excluding hydrogens is 464 g/mol. The van der Waals surface area contributed by atoms with E-state index in [1.54, 1.807) is 18.2 Å². The number of carbonyl (C=O) groups excluding carboxylic acids is 2. The van der Waals surface area contributed by atoms with Crippen molar-refractivity contribution in [1.82, 2.24) is 9.21 Å². The van der Waals surface area contributed by atoms with E-state index in [1.165, 1.54) is 11.0 Å². The fraction of sp³-hybridized carbons (Fsp3) is 0.259. The molecule has 2 aliphatic heterocycles. The highest BCUT2D eigenvalue weighted by Gasteiger charge is 2.58. The SMILES string of the molecule is C=CCC1C(=O)N(S(=O)(=O)c2ccc3ccccc3c2)C2CCN(C(=O)OCc3ccccc3)C12. The van der Waals surface area contributed by atoms with Crippen LogP contribution in [0.4, 0.5) is 4.79 Å². The van der Waals surface area contributed by atoms with Crippen molar-refractivity contribution >= 4 is 32.8 Å². The molecule has 0 radical (unpaired) electrons. The summed E-state index contributed by atoms with van der Waals surface area (Å²) in [6, 6.07) is 20.4. The van der Waals surface area contributed by atoms with Gasteiger partial charge in [-0.25, -0.2) is 17.5 Å². The maximum atomic E-state index is 13.7. The second-order valence-corrected chi connectivity index (χ2v) is 10.7. The van der Waals surface area contributed by atoms with Gasteiger partial charge in [0.05, 0.1) is 22.9 Å². The van der Waals surface area contributed by atoms with E-state index in [1.807, 2.05) is 54.6 Å². The molecule has 3 aromatic rings. The number of amides is 2. The van der Waals surface area contributed by atoms with Gasteiger partial charge < -0.3 is 9.64 Å². The quantitative estimate of drug-likeness (QED) is 0.480. The summed E-state index contributed by atoms with van der Waals surface area (Å²) in [4.78, 5) is 28.0. The molecule has 7 nitrogen and oxygen atoms in total. The van der Waals surface area contributed by atoms with Crippen molar-refractivity contribution in [2.24, 2.45) is 5.92 Å². The van der Waals surface area contributed by atoms with E-state index in [4.69, 9.17) is 4.74 Å². The molecule has 2 aliphatic rings. The van der Waals surface area contributed by atoms with Crippen molar-refractivity contribution in [3.8, 4) is 0 Å². The Labute approximate surface area is 204 Å². The molecule has 2 heterocycles. The Morgan fingerprint density at radius 1 is 1.03 bits per heavy atom. The Bertz CT molecular complexity index is 1390. The molecule has 0 spiro atoms. The third-order valence-corrected chi connectivity index (χ3v) is 8.62. The van der Waals surface area contributed by atoms with Gasteiger partial charge in [0.2, 0.25) is 5.91 Å². The summed E-state index contributed by atoms with van der Waals surface area (Å²) >= 11 is 0. The standard InChI is InChI=1S/C27H26N2O5S/c1-2-8-23-25-24(15-16-28(25)27(31)34-18-19-9-4-3-5-10-19)29(26(23)30)35(32,33)22-14-13-20-11-6-7-12-21(20)17-22/h2-7,9-14,17,23-25H,1,8,15-16,18H2. The third-order valence-electron chi connectivity index (χ3n) is 6.81. The molecule has 3 atom stereocenters. The number of carbonyl (C=O) groups is 2. The van der Waals surface area contributed by atoms with Crippen LogP contribution in [0.2, 0.25) is 0 Å². The minimum atomic E-state index is -4.12. The summed E-state index contributed by atoms with van der Waals surface area (Å²) in [6.45, 7) is 4.16. The van der Waals surface area contributed by atoms with Gasteiger partial charge in [0.15, 0.2) is 0 Å². The van der Waals surface area contributed by atoms with Gasteiger partial charge in [-0.3, -0.25) is 4.79 Å². The number of allylic oxidation sites excluding steroid dienone is 1. The Balaban J connectivity index is 1.43. The van der Waals surface area contributed by atoms with E-state index >= 15 is 0 Å². The zero-order valence-corrected chi connectivity index (χ0v) is 19.9. The fourth-order valence-corrected chi connectivity index (χ4v) is 6.89. The predicted molar refractivity (Wildman–Crippen MR) is 132 cm³/mol. The molecule has 35 heavy (non-hydrogen) atoms. The number of hydrogen-bond donors (Lipinski definition) is 0. The monoisotopic (exact) mass is 490 g/mol. The molecule has 2 fully saturated rings. The zero-order valence-electron chi connectivity index (χ0n) is 19.1. The van der Waals surface area contributed by atoms with E-state index < -0.39 is 40.0 Å². The second-order valence-electron chi connectivity index (χ2n) is 8.86. The van der Waals surface area contributed by atoms with Crippen LogP contribution in [0.25, 0.3) is 10.8 Å². The van der Waals surface area contributed by atoms with Crippen LogP contribution >= 0.6 is 0 Å². The van der Waals surface area contributed by atoms with E-state index in [-0.39, 0.29) is 17.9 Å². The molecule has 0 saturated carbocycles. The van der Waals surface area contributed by atoms with Crippen molar-refractivity contribution in [1.29, 1.82) is 0 Å². The molecular formula is C27H26N2O5S. The molecule has 0 aromatic heterocycles. The Hall–Kier alpha value is -3.65. The first-order valence-electron chi connectivity index (χ1n) is 11.6. The lowest BCUT2D eigenvalue weighted by molar-refractivity contribution is -0.128. The van der Waals surface area contributed by atoms with E-state index in [0.29, 0.717) is 13.0 Å². The van der Waals surface area contributed by atoms with Crippen LogP contribution in [0.1, 0.15) is 18.4 Å². The summed E-state index contributed by atoms with van der Waals surface area (Å²) in [6.07, 6.45) is 1.68. The average molecular weight is 491 g/mol. The molecule has 3 aromatic carbocycles. The summed E-state index contributed by atoms with van der Waals surface area (Å²) in [7, 11) is -4.12. The lowest BCUT2D eigenvalue weighted by Crippen LogP contribution is -2.43. The van der Waals surface area contributed by atoms with Crippen molar-refractivity contribution in [3.05, 3.63) is 91.0 Å². The number of benzene rings is 3. The number of sulfonamides is 1. The molecule has 5 rings (SSSR count). The van der Waals surface area contributed by atoms with Gasteiger partial charge in [-0.1, -0.05) is 66.7 Å². The number of likely N-dealkylation sites (tertiary alicyclic amines) is 1. The minimum absolute atomic E-state index is 0.0626. The van der Waals surface area contributed by atoms with Gasteiger partial charge in [0, 0.05) is 6.54 Å². The topological polar surface area (TPSA) is 84.0 Å². The maximum absolute atomic E-state index is 13.7. The number of hydrogen-bond acceptors (Lipinski definition) is 5. The lowest BCUT2D eigenvalue weighted by atomic mass is 9.96. The van der Waals surface area contributed by atoms with Gasteiger partial charge >= 0.3 is 6.09 Å². The van der Waals surface area contributed by atoms with Crippen molar-refractivity contribution in [3.63, 3.8) is 0 Å². The molecule has 0 N–H and O–H groups in total. The summed E-state index contributed by atoms with van der Waals surface area (Å²) in [5.41, 5.74) is 0.849. The maximum Gasteiger partial charge on any atom is 0.410 e. The number of fused-ring (bicyclic) bond motifs is 2. The van der Waals surface area contributed by atoms with Gasteiger partial charge in [-0.05, 0) is 41.3 Å². The Morgan fingerprint density at radius 2 is 1.74 bits per heavy atom. The minimum Gasteiger partial charge on any atom is -0.445 e. The Morgan fingerprint density at radius 3 is 2.49 bits per heavy atom. The smallest absolute Gasteiger partial charge is 0.410 e. The molecule has 0 aliphatic carbocycles. The van der Waals surface area contributed by atoms with Crippen LogP contribution in [0, 0.1) is 5.92 Å². The lowest BCUT2D eigenvalue weighted by Gasteiger charge is -2.26. The van der Waals surface area contributed by atoms with Crippen LogP contribution in [0.15, 0.2) is 90.3 Å². The Kier molecular flexibility index (Phi) is 6.06. The van der Waals surface area contributed by atoms with E-state index in [2.05, 4.69) is 6.58 Å². The molecule has 0 bridgehead atoms. The normalized spacial score (nSPS) is 21.8. The van der Waals surface area contributed by atoms with Crippen LogP contribution in [0.3, 0.4) is 0 Å². The van der Waals surface area contributed by atoms with Gasteiger partial charge in [-0.2, -0.15) is 0 Å². The van der Waals surface area contributed by atoms with Gasteiger partial charge in [0.25, 0.3) is 10.0 Å². The van der Waals surface area contributed by atoms with Crippen LogP contribution < -0.4 is 0 Å². The summed E-state index contributed by atoms with van der Waals surface area (Å²) in [5.74, 6) is -1.20. The van der Waals surface area contributed by atoms with Gasteiger partial charge in [0.1, 0.15) is 6.61 Å². The first-order chi connectivity index (χ1) is 16.9. The number of ether oxygens (including phenoxy) is 1. The summed E-state index contributed by atoms with van der Waals surface area (Å²) in [5, 5.41) is 1.69.